The van der Waals surface area contributed by atoms with E-state index in [9.17, 15) is 8.42 Å². The molecule has 128 valence electrons. The van der Waals surface area contributed by atoms with Gasteiger partial charge in [-0.1, -0.05) is 6.07 Å². The summed E-state index contributed by atoms with van der Waals surface area (Å²) in [6.45, 7) is 0.970. The Labute approximate surface area is 137 Å². The fourth-order valence-electron chi connectivity index (χ4n) is 3.27. The van der Waals surface area contributed by atoms with Gasteiger partial charge in [-0.3, -0.25) is 0 Å². The zero-order chi connectivity index (χ0) is 16.5. The molecule has 0 bridgehead atoms. The Hall–Kier alpha value is -1.31. The lowest BCUT2D eigenvalue weighted by molar-refractivity contribution is -0.0562. The third-order valence-electron chi connectivity index (χ3n) is 4.64. The van der Waals surface area contributed by atoms with E-state index >= 15 is 0 Å². The van der Waals surface area contributed by atoms with Gasteiger partial charge in [0.1, 0.15) is 5.75 Å². The van der Waals surface area contributed by atoms with Gasteiger partial charge < -0.3 is 14.8 Å². The van der Waals surface area contributed by atoms with Gasteiger partial charge in [-0.05, 0) is 43.4 Å². The molecule has 23 heavy (non-hydrogen) atoms. The third kappa shape index (κ3) is 3.97. The molecule has 1 aliphatic carbocycles. The molecule has 1 unspecified atom stereocenters. The van der Waals surface area contributed by atoms with E-state index in [-0.39, 0.29) is 18.2 Å². The largest absolute Gasteiger partial charge is 0.495 e. The summed E-state index contributed by atoms with van der Waals surface area (Å²) in [7, 11) is -1.57. The number of hydrogen-bond acceptors (Lipinski definition) is 5. The van der Waals surface area contributed by atoms with Gasteiger partial charge >= 0.3 is 0 Å². The fraction of sp³-hybridized carbons (Fsp3) is 0.625. The second-order valence-corrected chi connectivity index (χ2v) is 8.35. The van der Waals surface area contributed by atoms with Crippen molar-refractivity contribution in [2.75, 3.05) is 25.3 Å². The molecule has 2 aliphatic rings. The van der Waals surface area contributed by atoms with Gasteiger partial charge in [-0.2, -0.15) is 0 Å². The van der Waals surface area contributed by atoms with Crippen molar-refractivity contribution >= 4 is 15.7 Å². The number of benzene rings is 1. The highest BCUT2D eigenvalue weighted by Crippen LogP contribution is 2.44. The minimum atomic E-state index is -3.21. The molecule has 1 aromatic rings. The van der Waals surface area contributed by atoms with E-state index in [2.05, 4.69) is 10.0 Å². The van der Waals surface area contributed by atoms with Crippen LogP contribution in [0.5, 0.6) is 5.75 Å². The molecule has 0 amide bonds. The average Bonchev–Trinajstić information content (AvgIpc) is 2.89. The second kappa shape index (κ2) is 6.30. The molecule has 2 fully saturated rings. The van der Waals surface area contributed by atoms with E-state index in [0.717, 1.165) is 42.5 Å². The Morgan fingerprint density at radius 3 is 2.74 bits per heavy atom. The molecule has 1 heterocycles. The van der Waals surface area contributed by atoms with Gasteiger partial charge in [0.25, 0.3) is 0 Å². The van der Waals surface area contributed by atoms with Gasteiger partial charge in [0.15, 0.2) is 0 Å². The van der Waals surface area contributed by atoms with Crippen LogP contribution in [-0.2, 0) is 21.3 Å². The number of methoxy groups -OCH3 is 1. The lowest BCUT2D eigenvalue weighted by Crippen LogP contribution is -2.36. The summed E-state index contributed by atoms with van der Waals surface area (Å²) >= 11 is 0. The van der Waals surface area contributed by atoms with Crippen molar-refractivity contribution < 1.29 is 17.9 Å². The predicted octanol–water partition coefficient (Wildman–Crippen LogP) is 1.87. The molecule has 1 saturated carbocycles. The summed E-state index contributed by atoms with van der Waals surface area (Å²) in [6.07, 6.45) is 5.73. The zero-order valence-corrected chi connectivity index (χ0v) is 14.4. The molecular formula is C16H24N2O4S. The van der Waals surface area contributed by atoms with Gasteiger partial charge in [-0.25, -0.2) is 13.1 Å². The molecule has 0 radical (unpaired) electrons. The highest BCUT2D eigenvalue weighted by Gasteiger charge is 2.45. The van der Waals surface area contributed by atoms with Crippen LogP contribution in [0.1, 0.15) is 31.2 Å². The summed E-state index contributed by atoms with van der Waals surface area (Å²) in [6, 6.07) is 5.92. The minimum Gasteiger partial charge on any atom is -0.495 e. The highest BCUT2D eigenvalue weighted by atomic mass is 32.2. The van der Waals surface area contributed by atoms with Crippen molar-refractivity contribution in [3.05, 3.63) is 23.8 Å². The smallest absolute Gasteiger partial charge is 0.209 e. The molecule has 1 atom stereocenters. The van der Waals surface area contributed by atoms with Crippen LogP contribution in [0.25, 0.3) is 0 Å². The van der Waals surface area contributed by atoms with Crippen LogP contribution in [0.3, 0.4) is 0 Å². The van der Waals surface area contributed by atoms with Gasteiger partial charge in [0.05, 0.1) is 37.3 Å². The number of anilines is 1. The number of sulfonamides is 1. The Morgan fingerprint density at radius 1 is 1.39 bits per heavy atom. The molecule has 1 aliphatic heterocycles. The van der Waals surface area contributed by atoms with Gasteiger partial charge in [0, 0.05) is 6.54 Å². The number of hydrogen-bond donors (Lipinski definition) is 2. The standard InChI is InChI=1S/C16H24N2O4S/c1-21-15-5-4-12(10-17-23(2,19)20)8-14(15)18-13-9-16(22-11-13)6-3-7-16/h4-5,8,13,17-18H,3,6-7,9-11H2,1-2H3. The summed E-state index contributed by atoms with van der Waals surface area (Å²) in [4.78, 5) is 0. The van der Waals surface area contributed by atoms with Crippen LogP contribution in [0.4, 0.5) is 5.69 Å². The zero-order valence-electron chi connectivity index (χ0n) is 13.6. The molecule has 6 nitrogen and oxygen atoms in total. The Balaban J connectivity index is 1.69. The molecule has 1 aromatic carbocycles. The Morgan fingerprint density at radius 2 is 2.17 bits per heavy atom. The van der Waals surface area contributed by atoms with Crippen molar-refractivity contribution in [1.82, 2.24) is 4.72 Å². The first kappa shape index (κ1) is 16.5. The summed E-state index contributed by atoms with van der Waals surface area (Å²) < 4.78 is 36.3. The molecule has 2 N–H and O–H groups in total. The lowest BCUT2D eigenvalue weighted by atomic mass is 9.77. The summed E-state index contributed by atoms with van der Waals surface area (Å²) in [5.41, 5.74) is 1.86. The first-order chi connectivity index (χ1) is 10.9. The van der Waals surface area contributed by atoms with E-state index in [1.165, 1.54) is 6.42 Å². The molecule has 1 spiro atoms. The normalized spacial score (nSPS) is 22.8. The average molecular weight is 340 g/mol. The van der Waals surface area contributed by atoms with Crippen molar-refractivity contribution in [3.63, 3.8) is 0 Å². The van der Waals surface area contributed by atoms with E-state index in [1.54, 1.807) is 7.11 Å². The minimum absolute atomic E-state index is 0.0976. The van der Waals surface area contributed by atoms with E-state index in [1.807, 2.05) is 18.2 Å². The third-order valence-corrected chi connectivity index (χ3v) is 5.30. The highest BCUT2D eigenvalue weighted by molar-refractivity contribution is 7.88. The van der Waals surface area contributed by atoms with E-state index in [0.29, 0.717) is 6.61 Å². The maximum Gasteiger partial charge on any atom is 0.209 e. The van der Waals surface area contributed by atoms with Gasteiger partial charge in [-0.15, -0.1) is 0 Å². The Bertz CT molecular complexity index is 671. The van der Waals surface area contributed by atoms with Crippen LogP contribution >= 0.6 is 0 Å². The van der Waals surface area contributed by atoms with Crippen molar-refractivity contribution in [2.45, 2.75) is 43.9 Å². The molecule has 7 heteroatoms. The van der Waals surface area contributed by atoms with Crippen molar-refractivity contribution in [2.24, 2.45) is 0 Å². The number of rotatable bonds is 6. The van der Waals surface area contributed by atoms with Crippen molar-refractivity contribution in [3.8, 4) is 5.75 Å². The monoisotopic (exact) mass is 340 g/mol. The number of nitrogens with one attached hydrogen (secondary N) is 2. The quantitative estimate of drug-likeness (QED) is 0.827. The van der Waals surface area contributed by atoms with Crippen LogP contribution in [0.15, 0.2) is 18.2 Å². The maximum absolute atomic E-state index is 11.2. The number of ether oxygens (including phenoxy) is 2. The first-order valence-electron chi connectivity index (χ1n) is 7.91. The van der Waals surface area contributed by atoms with E-state index in [4.69, 9.17) is 9.47 Å². The van der Waals surface area contributed by atoms with Crippen LogP contribution in [0, 0.1) is 0 Å². The summed E-state index contributed by atoms with van der Waals surface area (Å²) in [5, 5.41) is 3.49. The van der Waals surface area contributed by atoms with Crippen molar-refractivity contribution in [1.29, 1.82) is 0 Å². The summed E-state index contributed by atoms with van der Waals surface area (Å²) in [5.74, 6) is 0.752. The molecule has 3 rings (SSSR count). The SMILES string of the molecule is COc1ccc(CNS(C)(=O)=O)cc1NC1COC2(CCC2)C1. The first-order valence-corrected chi connectivity index (χ1v) is 9.80. The Kier molecular flexibility index (Phi) is 4.53. The van der Waals surface area contributed by atoms with Crippen LogP contribution in [0.2, 0.25) is 0 Å². The molecule has 0 aromatic heterocycles. The molecule has 1 saturated heterocycles. The molecular weight excluding hydrogens is 316 g/mol. The predicted molar refractivity (Wildman–Crippen MR) is 89.2 cm³/mol. The van der Waals surface area contributed by atoms with Crippen LogP contribution < -0.4 is 14.8 Å². The lowest BCUT2D eigenvalue weighted by Gasteiger charge is -2.37. The van der Waals surface area contributed by atoms with Crippen LogP contribution in [-0.4, -0.2) is 40.0 Å². The fourth-order valence-corrected chi connectivity index (χ4v) is 3.70. The maximum atomic E-state index is 11.2. The topological polar surface area (TPSA) is 76.7 Å². The van der Waals surface area contributed by atoms with Gasteiger partial charge in [0.2, 0.25) is 10.0 Å². The second-order valence-electron chi connectivity index (χ2n) is 6.52. The van der Waals surface area contributed by atoms with E-state index < -0.39 is 10.0 Å².